The fourth-order valence-electron chi connectivity index (χ4n) is 4.95. The molecule has 0 amide bonds. The lowest BCUT2D eigenvalue weighted by Gasteiger charge is -2.32. The van der Waals surface area contributed by atoms with E-state index in [0.29, 0.717) is 59.5 Å². The first kappa shape index (κ1) is 31.4. The smallest absolute Gasteiger partial charge is 0.0922 e. The van der Waals surface area contributed by atoms with Crippen molar-refractivity contribution in [2.75, 3.05) is 59.5 Å². The van der Waals surface area contributed by atoms with E-state index < -0.39 is 0 Å². The van der Waals surface area contributed by atoms with Gasteiger partial charge in [0, 0.05) is 0 Å². The molecule has 0 aromatic heterocycles. The molecular formula is C33H38N14. The largest absolute Gasteiger partial charge is 0.262 e. The minimum atomic E-state index is 0.543. The third kappa shape index (κ3) is 10.2. The van der Waals surface area contributed by atoms with Gasteiger partial charge in [0.25, 0.3) is 0 Å². The molecule has 0 atom stereocenters. The Morgan fingerprint density at radius 1 is 0.340 bits per heavy atom. The summed E-state index contributed by atoms with van der Waals surface area (Å²) in [5.74, 6) is 0. The van der Waals surface area contributed by atoms with Gasteiger partial charge in [-0.3, -0.25) is 29.8 Å². The molecule has 0 saturated carbocycles. The molecule has 240 valence electrons. The number of nitrogens with zero attached hydrogens (tertiary/aromatic N) is 14. The molecule has 2 fully saturated rings. The summed E-state index contributed by atoms with van der Waals surface area (Å²) in [4.78, 5) is 4.51. The van der Waals surface area contributed by atoms with Gasteiger partial charge in [-0.25, -0.2) is 0 Å². The Balaban J connectivity index is 1.21. The second-order valence-corrected chi connectivity index (χ2v) is 11.1. The predicted molar refractivity (Wildman–Crippen MR) is 179 cm³/mol. The summed E-state index contributed by atoms with van der Waals surface area (Å²) in [7, 11) is 0. The zero-order chi connectivity index (χ0) is 31.9. The number of benzene rings is 4. The van der Waals surface area contributed by atoms with Crippen molar-refractivity contribution in [3.05, 3.63) is 121 Å². The van der Waals surface area contributed by atoms with E-state index in [1.165, 1.54) is 0 Å². The predicted octanol–water partition coefficient (Wildman–Crippen LogP) is 7.41. The lowest BCUT2D eigenvalue weighted by molar-refractivity contribution is 0.0157. The van der Waals surface area contributed by atoms with Crippen LogP contribution in [0.2, 0.25) is 0 Å². The van der Waals surface area contributed by atoms with Gasteiger partial charge in [-0.1, -0.05) is 93.7 Å². The van der Waals surface area contributed by atoms with Crippen molar-refractivity contribution in [2.45, 2.75) is 0 Å². The van der Waals surface area contributed by atoms with Crippen molar-refractivity contribution in [1.82, 2.24) is 29.8 Å². The van der Waals surface area contributed by atoms with Crippen LogP contribution in [0, 0.1) is 0 Å². The second-order valence-electron chi connectivity index (χ2n) is 11.1. The van der Waals surface area contributed by atoms with Crippen molar-refractivity contribution >= 4 is 22.7 Å². The molecule has 2 aliphatic heterocycles. The van der Waals surface area contributed by atoms with Crippen LogP contribution in [-0.2, 0) is 0 Å². The maximum atomic E-state index is 4.60. The van der Waals surface area contributed by atoms with Gasteiger partial charge in [0.05, 0.1) is 82.3 Å². The van der Waals surface area contributed by atoms with Crippen LogP contribution in [0.25, 0.3) is 0 Å². The number of hydrogen-bond acceptors (Lipinski definition) is 10. The Morgan fingerprint density at radius 3 is 0.809 bits per heavy atom. The van der Waals surface area contributed by atoms with Crippen molar-refractivity contribution < 1.29 is 0 Å². The highest BCUT2D eigenvalue weighted by molar-refractivity contribution is 5.36. The van der Waals surface area contributed by atoms with Gasteiger partial charge < -0.3 is 0 Å². The van der Waals surface area contributed by atoms with E-state index in [2.05, 4.69) is 51.1 Å². The average molecular weight is 631 g/mol. The fourth-order valence-corrected chi connectivity index (χ4v) is 4.95. The van der Waals surface area contributed by atoms with E-state index in [0.717, 1.165) is 22.7 Å². The lowest BCUT2D eigenvalue weighted by atomic mass is 10.3. The van der Waals surface area contributed by atoms with Gasteiger partial charge in [-0.15, -0.1) is 20.5 Å². The highest BCUT2D eigenvalue weighted by atomic mass is 15.7. The highest BCUT2D eigenvalue weighted by Gasteiger charge is 2.26. The summed E-state index contributed by atoms with van der Waals surface area (Å²) in [5, 5.41) is 44.2. The first-order valence-electron chi connectivity index (χ1n) is 15.6. The molecule has 0 N–H and O–H groups in total. The molecule has 0 unspecified atom stereocenters. The van der Waals surface area contributed by atoms with E-state index in [1.807, 2.05) is 141 Å². The van der Waals surface area contributed by atoms with E-state index >= 15 is 0 Å². The van der Waals surface area contributed by atoms with Gasteiger partial charge in [-0.05, 0) is 48.5 Å². The Bertz CT molecular complexity index is 1360. The van der Waals surface area contributed by atoms with Crippen LogP contribution in [0.3, 0.4) is 0 Å². The fraction of sp³-hybridized carbons (Fsp3) is 0.273. The van der Waals surface area contributed by atoms with Crippen LogP contribution >= 0.6 is 0 Å². The number of hydrogen-bond donors (Lipinski definition) is 0. The molecule has 0 bridgehead atoms. The molecule has 0 radical (unpaired) electrons. The monoisotopic (exact) mass is 630 g/mol. The molecule has 2 aliphatic rings. The second kappa shape index (κ2) is 16.6. The molecule has 4 aromatic carbocycles. The van der Waals surface area contributed by atoms with Crippen LogP contribution in [0.4, 0.5) is 22.7 Å². The van der Waals surface area contributed by atoms with Gasteiger partial charge >= 0.3 is 0 Å². The van der Waals surface area contributed by atoms with E-state index in [9.17, 15) is 0 Å². The lowest BCUT2D eigenvalue weighted by Crippen LogP contribution is -2.47. The van der Waals surface area contributed by atoms with Crippen LogP contribution < -0.4 is 0 Å². The Hall–Kier alpha value is -5.60. The van der Waals surface area contributed by atoms with Crippen molar-refractivity contribution in [1.29, 1.82) is 0 Å². The SMILES string of the molecule is c1ccc(N=NN2CCN(N=Nc3ccccc3)CN(CN3CN(N=Nc4ccccc4)CCN(N=Nc4ccccc4)C3)C2)cc1. The third-order valence-corrected chi connectivity index (χ3v) is 7.26. The highest BCUT2D eigenvalue weighted by Crippen LogP contribution is 2.18. The summed E-state index contributed by atoms with van der Waals surface area (Å²) in [6.07, 6.45) is 0. The first-order valence-corrected chi connectivity index (χ1v) is 15.6. The molecule has 14 heteroatoms. The molecule has 2 saturated heterocycles. The molecular weight excluding hydrogens is 592 g/mol. The Morgan fingerprint density at radius 2 is 0.574 bits per heavy atom. The maximum absolute atomic E-state index is 4.60. The van der Waals surface area contributed by atoms with E-state index in [-0.39, 0.29) is 0 Å². The van der Waals surface area contributed by atoms with Crippen LogP contribution in [0.1, 0.15) is 0 Å². The first-order chi connectivity index (χ1) is 23.2. The Labute approximate surface area is 274 Å². The molecule has 47 heavy (non-hydrogen) atoms. The van der Waals surface area contributed by atoms with E-state index in [1.54, 1.807) is 0 Å². The van der Waals surface area contributed by atoms with Crippen LogP contribution in [-0.4, -0.2) is 89.4 Å². The maximum Gasteiger partial charge on any atom is 0.0922 e. The van der Waals surface area contributed by atoms with E-state index in [4.69, 9.17) is 0 Å². The Kier molecular flexibility index (Phi) is 11.1. The topological polar surface area (TPSA) is 118 Å². The van der Waals surface area contributed by atoms with Crippen LogP contribution in [0.15, 0.2) is 163 Å². The summed E-state index contributed by atoms with van der Waals surface area (Å²) in [6.45, 7) is 5.28. The van der Waals surface area contributed by atoms with Crippen molar-refractivity contribution in [3.63, 3.8) is 0 Å². The molecule has 0 aliphatic carbocycles. The van der Waals surface area contributed by atoms with Gasteiger partial charge in [0.2, 0.25) is 0 Å². The number of rotatable bonds is 10. The average Bonchev–Trinajstić information content (AvgIpc) is 3.45. The third-order valence-electron chi connectivity index (χ3n) is 7.26. The summed E-state index contributed by atoms with van der Waals surface area (Å²) in [5.41, 5.74) is 3.20. The minimum Gasteiger partial charge on any atom is -0.262 e. The van der Waals surface area contributed by atoms with Gasteiger partial charge in [-0.2, -0.15) is 0 Å². The minimum absolute atomic E-state index is 0.543. The summed E-state index contributed by atoms with van der Waals surface area (Å²) >= 11 is 0. The quantitative estimate of drug-likeness (QED) is 0.168. The molecule has 14 nitrogen and oxygen atoms in total. The van der Waals surface area contributed by atoms with Crippen molar-refractivity contribution in [2.24, 2.45) is 41.4 Å². The normalized spacial score (nSPS) is 17.4. The van der Waals surface area contributed by atoms with Crippen molar-refractivity contribution in [3.8, 4) is 0 Å². The molecule has 4 aromatic rings. The zero-order valence-electron chi connectivity index (χ0n) is 26.2. The summed E-state index contributed by atoms with van der Waals surface area (Å²) in [6, 6.07) is 39.0. The van der Waals surface area contributed by atoms with Crippen LogP contribution in [0.5, 0.6) is 0 Å². The molecule has 6 rings (SSSR count). The molecule has 2 heterocycles. The summed E-state index contributed by atoms with van der Waals surface area (Å²) < 4.78 is 0. The standard InChI is InChI=1S/C33H38N14/c1-5-13-30(14-6-1)34-38-44-21-22-45(39-35-31-15-7-2-8-16-31)27-42(26-44)25-43-28-46(40-36-32-17-9-3-10-18-32)23-24-47(29-43)41-37-33-19-11-4-12-20-33/h1-20H,21-29H2. The van der Waals surface area contributed by atoms with Gasteiger partial charge in [0.15, 0.2) is 0 Å². The zero-order valence-corrected chi connectivity index (χ0v) is 26.2. The van der Waals surface area contributed by atoms with Gasteiger partial charge in [0.1, 0.15) is 0 Å². The molecule has 0 spiro atoms.